The van der Waals surface area contributed by atoms with Crippen LogP contribution in [0.2, 0.25) is 0 Å². The zero-order chi connectivity index (χ0) is 20.8. The van der Waals surface area contributed by atoms with Gasteiger partial charge in [-0.05, 0) is 30.2 Å². The number of nitrogens with zero attached hydrogens (tertiary/aromatic N) is 2. The number of nitrogens with one attached hydrogen (secondary N) is 1. The van der Waals surface area contributed by atoms with Gasteiger partial charge in [0.15, 0.2) is 11.5 Å². The van der Waals surface area contributed by atoms with Crippen molar-refractivity contribution in [3.63, 3.8) is 0 Å². The normalized spacial score (nSPS) is 11.7. The fourth-order valence-electron chi connectivity index (χ4n) is 3.17. The van der Waals surface area contributed by atoms with E-state index in [0.717, 1.165) is 5.56 Å². The first-order chi connectivity index (χ1) is 14.0. The first kappa shape index (κ1) is 20.4. The van der Waals surface area contributed by atoms with Crippen LogP contribution in [0.3, 0.4) is 0 Å². The lowest BCUT2D eigenvalue weighted by atomic mass is 10.0. The van der Waals surface area contributed by atoms with Crippen LogP contribution >= 0.6 is 0 Å². The topological polar surface area (TPSA) is 65.4 Å². The molecular formula is C22H24FN3O3. The van der Waals surface area contributed by atoms with Crippen LogP contribution in [0.1, 0.15) is 29.4 Å². The van der Waals surface area contributed by atoms with Gasteiger partial charge in [0.05, 0.1) is 14.2 Å². The SMILES string of the molecule is COc1ccc(CCC(=O)NC(c2ccccc2F)c2nccn2C)cc1OC. The highest BCUT2D eigenvalue weighted by atomic mass is 19.1. The summed E-state index contributed by atoms with van der Waals surface area (Å²) < 4.78 is 26.7. The Bertz CT molecular complexity index is 987. The summed E-state index contributed by atoms with van der Waals surface area (Å²) >= 11 is 0. The molecular weight excluding hydrogens is 373 g/mol. The van der Waals surface area contributed by atoms with Crippen molar-refractivity contribution in [3.8, 4) is 11.5 Å². The minimum absolute atomic E-state index is 0.198. The molecule has 2 aromatic carbocycles. The molecule has 152 valence electrons. The molecule has 0 spiro atoms. The monoisotopic (exact) mass is 397 g/mol. The Morgan fingerprint density at radius 3 is 2.59 bits per heavy atom. The first-order valence-electron chi connectivity index (χ1n) is 9.25. The van der Waals surface area contributed by atoms with Crippen LogP contribution < -0.4 is 14.8 Å². The molecule has 1 amide bonds. The van der Waals surface area contributed by atoms with Gasteiger partial charge in [0.2, 0.25) is 5.91 Å². The molecule has 0 radical (unpaired) electrons. The van der Waals surface area contributed by atoms with Crippen molar-refractivity contribution < 1.29 is 18.7 Å². The van der Waals surface area contributed by atoms with Crippen molar-refractivity contribution in [2.75, 3.05) is 14.2 Å². The minimum Gasteiger partial charge on any atom is -0.493 e. The molecule has 0 fully saturated rings. The number of benzene rings is 2. The van der Waals surface area contributed by atoms with E-state index in [4.69, 9.17) is 9.47 Å². The second-order valence-electron chi connectivity index (χ2n) is 6.61. The molecule has 0 aliphatic carbocycles. The smallest absolute Gasteiger partial charge is 0.221 e. The third-order valence-corrected chi connectivity index (χ3v) is 4.73. The maximum absolute atomic E-state index is 14.4. The molecule has 6 nitrogen and oxygen atoms in total. The Morgan fingerprint density at radius 2 is 1.93 bits per heavy atom. The van der Waals surface area contributed by atoms with Gasteiger partial charge in [-0.15, -0.1) is 0 Å². The maximum atomic E-state index is 14.4. The number of rotatable bonds is 8. The molecule has 7 heteroatoms. The predicted molar refractivity (Wildman–Crippen MR) is 107 cm³/mol. The highest BCUT2D eigenvalue weighted by molar-refractivity contribution is 5.77. The molecule has 0 saturated carbocycles. The van der Waals surface area contributed by atoms with Crippen molar-refractivity contribution in [1.29, 1.82) is 0 Å². The number of carbonyl (C=O) groups is 1. The van der Waals surface area contributed by atoms with E-state index in [1.165, 1.54) is 6.07 Å². The van der Waals surface area contributed by atoms with E-state index in [-0.39, 0.29) is 18.1 Å². The van der Waals surface area contributed by atoms with Gasteiger partial charge in [0, 0.05) is 31.4 Å². The predicted octanol–water partition coefficient (Wildman–Crippen LogP) is 3.41. The molecule has 1 aromatic heterocycles. The van der Waals surface area contributed by atoms with Crippen LogP contribution in [-0.4, -0.2) is 29.7 Å². The van der Waals surface area contributed by atoms with Gasteiger partial charge in [-0.25, -0.2) is 9.37 Å². The number of ether oxygens (including phenoxy) is 2. The van der Waals surface area contributed by atoms with E-state index in [9.17, 15) is 9.18 Å². The van der Waals surface area contributed by atoms with E-state index >= 15 is 0 Å². The second-order valence-corrected chi connectivity index (χ2v) is 6.61. The molecule has 3 rings (SSSR count). The summed E-state index contributed by atoms with van der Waals surface area (Å²) in [7, 11) is 4.96. The lowest BCUT2D eigenvalue weighted by Crippen LogP contribution is -2.31. The van der Waals surface area contributed by atoms with Gasteiger partial charge in [-0.1, -0.05) is 24.3 Å². The van der Waals surface area contributed by atoms with E-state index < -0.39 is 6.04 Å². The van der Waals surface area contributed by atoms with E-state index in [1.54, 1.807) is 49.4 Å². The van der Waals surface area contributed by atoms with E-state index in [0.29, 0.717) is 29.3 Å². The number of halogens is 1. The lowest BCUT2D eigenvalue weighted by Gasteiger charge is -2.20. The Kier molecular flexibility index (Phi) is 6.49. The molecule has 0 saturated heterocycles. The quantitative estimate of drug-likeness (QED) is 0.633. The third kappa shape index (κ3) is 4.74. The maximum Gasteiger partial charge on any atom is 0.221 e. The molecule has 3 aromatic rings. The van der Waals surface area contributed by atoms with Crippen LogP contribution in [-0.2, 0) is 18.3 Å². The Labute approximate surface area is 169 Å². The largest absolute Gasteiger partial charge is 0.493 e. The number of aromatic nitrogens is 2. The van der Waals surface area contributed by atoms with Crippen LogP contribution in [0.4, 0.5) is 4.39 Å². The molecule has 0 aliphatic rings. The number of hydrogen-bond donors (Lipinski definition) is 1. The van der Waals surface area contributed by atoms with Gasteiger partial charge < -0.3 is 19.4 Å². The molecule has 1 N–H and O–H groups in total. The number of amides is 1. The average molecular weight is 397 g/mol. The number of imidazole rings is 1. The van der Waals surface area contributed by atoms with Gasteiger partial charge in [0.25, 0.3) is 0 Å². The fourth-order valence-corrected chi connectivity index (χ4v) is 3.17. The zero-order valence-electron chi connectivity index (χ0n) is 16.7. The average Bonchev–Trinajstić information content (AvgIpc) is 3.16. The van der Waals surface area contributed by atoms with Crippen LogP contribution in [0.5, 0.6) is 11.5 Å². The summed E-state index contributed by atoms with van der Waals surface area (Å²) in [6.45, 7) is 0. The Morgan fingerprint density at radius 1 is 1.17 bits per heavy atom. The molecule has 0 bridgehead atoms. The molecule has 29 heavy (non-hydrogen) atoms. The van der Waals surface area contributed by atoms with Crippen LogP contribution in [0, 0.1) is 5.82 Å². The summed E-state index contributed by atoms with van der Waals surface area (Å²) in [5.74, 6) is 1.23. The van der Waals surface area contributed by atoms with Crippen LogP contribution in [0.25, 0.3) is 0 Å². The molecule has 1 heterocycles. The van der Waals surface area contributed by atoms with Gasteiger partial charge in [-0.2, -0.15) is 0 Å². The fraction of sp³-hybridized carbons (Fsp3) is 0.273. The van der Waals surface area contributed by atoms with E-state index in [1.807, 2.05) is 25.2 Å². The summed E-state index contributed by atoms with van der Waals surface area (Å²) in [6.07, 6.45) is 4.14. The van der Waals surface area contributed by atoms with Gasteiger partial charge in [-0.3, -0.25) is 4.79 Å². The standard InChI is InChI=1S/C22H24FN3O3/c1-26-13-12-24-22(26)21(16-6-4-5-7-17(16)23)25-20(27)11-9-15-8-10-18(28-2)19(14-15)29-3/h4-8,10,12-14,21H,9,11H2,1-3H3,(H,25,27). The number of methoxy groups -OCH3 is 2. The van der Waals surface area contributed by atoms with Crippen molar-refractivity contribution >= 4 is 5.91 Å². The molecule has 1 unspecified atom stereocenters. The molecule has 0 aliphatic heterocycles. The first-order valence-corrected chi connectivity index (χ1v) is 9.25. The van der Waals surface area contributed by atoms with Gasteiger partial charge >= 0.3 is 0 Å². The third-order valence-electron chi connectivity index (χ3n) is 4.73. The highest BCUT2D eigenvalue weighted by Gasteiger charge is 2.23. The van der Waals surface area contributed by atoms with Crippen molar-refractivity contribution in [1.82, 2.24) is 14.9 Å². The number of hydrogen-bond acceptors (Lipinski definition) is 4. The Hall–Kier alpha value is -3.35. The summed E-state index contributed by atoms with van der Waals surface area (Å²) in [5.41, 5.74) is 1.32. The molecule has 1 atom stereocenters. The number of aryl methyl sites for hydroxylation is 2. The Balaban J connectivity index is 1.74. The van der Waals surface area contributed by atoms with Crippen LogP contribution in [0.15, 0.2) is 54.9 Å². The summed E-state index contributed by atoms with van der Waals surface area (Å²) in [5, 5.41) is 2.92. The zero-order valence-corrected chi connectivity index (χ0v) is 16.7. The van der Waals surface area contributed by atoms with Crippen molar-refractivity contribution in [2.24, 2.45) is 7.05 Å². The second kappa shape index (κ2) is 9.23. The van der Waals surface area contributed by atoms with E-state index in [2.05, 4.69) is 10.3 Å². The summed E-state index contributed by atoms with van der Waals surface area (Å²) in [6, 6.07) is 11.3. The lowest BCUT2D eigenvalue weighted by molar-refractivity contribution is -0.121. The van der Waals surface area contributed by atoms with Crippen molar-refractivity contribution in [3.05, 3.63) is 77.6 Å². The van der Waals surface area contributed by atoms with Gasteiger partial charge in [0.1, 0.15) is 17.7 Å². The number of carbonyl (C=O) groups excluding carboxylic acids is 1. The van der Waals surface area contributed by atoms with Crippen molar-refractivity contribution in [2.45, 2.75) is 18.9 Å². The highest BCUT2D eigenvalue weighted by Crippen LogP contribution is 2.28. The summed E-state index contributed by atoms with van der Waals surface area (Å²) in [4.78, 5) is 17.0. The minimum atomic E-state index is -0.672.